The molecule has 37 heavy (non-hydrogen) atoms. The second-order valence-electron chi connectivity index (χ2n) is 8.39. The molecule has 0 spiro atoms. The van der Waals surface area contributed by atoms with Crippen molar-refractivity contribution in [1.82, 2.24) is 14.0 Å². The molecule has 1 fully saturated rings. The summed E-state index contributed by atoms with van der Waals surface area (Å²) in [5, 5.41) is 33.6. The lowest BCUT2D eigenvalue weighted by Crippen LogP contribution is -2.64. The molecule has 0 saturated carbocycles. The van der Waals surface area contributed by atoms with Gasteiger partial charge >= 0.3 is 16.3 Å². The van der Waals surface area contributed by atoms with Crippen molar-refractivity contribution >= 4 is 50.1 Å². The molecule has 0 unspecified atom stereocenters. The van der Waals surface area contributed by atoms with Crippen molar-refractivity contribution in [2.75, 3.05) is 5.73 Å². The molecule has 3 heterocycles. The molecule has 0 bridgehead atoms. The summed E-state index contributed by atoms with van der Waals surface area (Å²) >= 11 is 0.933. The van der Waals surface area contributed by atoms with Gasteiger partial charge in [-0.3, -0.25) is 18.9 Å². The number of carbonyl (C=O) groups is 3. The van der Waals surface area contributed by atoms with Crippen LogP contribution in [0.5, 0.6) is 5.75 Å². The highest BCUT2D eigenvalue weighted by Gasteiger charge is 2.54. The maximum atomic E-state index is 13.2. The highest BCUT2D eigenvalue weighted by atomic mass is 32.2. The molecular weight excluding hydrogens is 538 g/mol. The third kappa shape index (κ3) is 5.70. The van der Waals surface area contributed by atoms with Crippen LogP contribution in [-0.4, -0.2) is 77.4 Å². The smallest absolute Gasteiger partial charge is 0.362 e. The minimum Gasteiger partial charge on any atom is -0.503 e. The molecule has 3 rings (SSSR count). The number of amides is 1. The first kappa shape index (κ1) is 27.6. The lowest BCUT2D eigenvalue weighted by atomic mass is 9.82. The van der Waals surface area contributed by atoms with Crippen molar-refractivity contribution in [3.63, 3.8) is 0 Å². The number of hydrogen-bond acceptors (Lipinski definition) is 13. The van der Waals surface area contributed by atoms with Crippen molar-refractivity contribution < 1.29 is 47.6 Å². The number of pyridine rings is 1. The summed E-state index contributed by atoms with van der Waals surface area (Å²) in [6.07, 6.45) is -0.570. The molecule has 2 atom stereocenters. The molecule has 200 valence electrons. The average molecular weight is 560 g/mol. The van der Waals surface area contributed by atoms with Crippen LogP contribution in [0.4, 0.5) is 5.13 Å². The molecule has 16 nitrogen and oxygen atoms in total. The van der Waals surface area contributed by atoms with Gasteiger partial charge in [-0.25, -0.2) is 14.1 Å². The van der Waals surface area contributed by atoms with Gasteiger partial charge in [0.05, 0.1) is 23.9 Å². The summed E-state index contributed by atoms with van der Waals surface area (Å²) in [7, 11) is -5.09. The van der Waals surface area contributed by atoms with Gasteiger partial charge in [0.25, 0.3) is 0 Å². The van der Waals surface area contributed by atoms with Gasteiger partial charge in [0.2, 0.25) is 16.9 Å². The number of anilines is 1. The van der Waals surface area contributed by atoms with E-state index in [0.717, 1.165) is 31.3 Å². The molecule has 18 heteroatoms. The largest absolute Gasteiger partial charge is 0.503 e. The van der Waals surface area contributed by atoms with E-state index in [9.17, 15) is 47.6 Å². The minimum absolute atomic E-state index is 0.0383. The molecule has 1 aliphatic heterocycles. The zero-order valence-electron chi connectivity index (χ0n) is 19.1. The van der Waals surface area contributed by atoms with Crippen LogP contribution in [0.15, 0.2) is 27.6 Å². The number of thiazole rings is 1. The van der Waals surface area contributed by atoms with Gasteiger partial charge in [-0.15, -0.1) is 11.3 Å². The number of oxime groups is 1. The third-order valence-electron chi connectivity index (χ3n) is 5.37. The Labute approximate surface area is 212 Å². The van der Waals surface area contributed by atoms with Crippen LogP contribution in [0.2, 0.25) is 0 Å². The number of carboxylic acid groups (broad SMARTS) is 1. The van der Waals surface area contributed by atoms with Gasteiger partial charge in [0.15, 0.2) is 22.4 Å². The van der Waals surface area contributed by atoms with E-state index in [1.807, 2.05) is 0 Å². The SMILES string of the molecule is CC(C)(O/N=C(\C(=O)C[C@@H]1C(=O)N(S(=O)(=O)O)[C@@H]1Cc1cc(=O)c(O)cn1O)c1csc(N)n1)C(=O)O. The number of aromatic nitrogens is 2. The fourth-order valence-corrected chi connectivity index (χ4v) is 4.83. The molecule has 0 radical (unpaired) electrons. The van der Waals surface area contributed by atoms with Gasteiger partial charge < -0.3 is 26.0 Å². The van der Waals surface area contributed by atoms with E-state index in [0.29, 0.717) is 10.9 Å². The number of ketones is 1. The number of nitrogen functional groups attached to an aromatic ring is 1. The summed E-state index contributed by atoms with van der Waals surface area (Å²) in [5.41, 5.74) is 2.01. The van der Waals surface area contributed by atoms with E-state index in [-0.39, 0.29) is 20.8 Å². The normalized spacial score (nSPS) is 18.4. The van der Waals surface area contributed by atoms with Gasteiger partial charge in [0, 0.05) is 24.3 Å². The molecule has 6 N–H and O–H groups in total. The lowest BCUT2D eigenvalue weighted by molar-refractivity contribution is -0.161. The Hall–Kier alpha value is -4.03. The van der Waals surface area contributed by atoms with Crippen molar-refractivity contribution in [2.24, 2.45) is 11.1 Å². The summed E-state index contributed by atoms with van der Waals surface area (Å²) < 4.78 is 33.5. The second-order valence-corrected chi connectivity index (χ2v) is 10.6. The fraction of sp³-hybridized carbons (Fsp3) is 0.368. The maximum Gasteiger partial charge on any atom is 0.362 e. The highest BCUT2D eigenvalue weighted by molar-refractivity contribution is 7.84. The summed E-state index contributed by atoms with van der Waals surface area (Å²) in [6, 6.07) is -0.640. The Morgan fingerprint density at radius 1 is 1.32 bits per heavy atom. The average Bonchev–Trinajstić information content (AvgIpc) is 3.20. The maximum absolute atomic E-state index is 13.2. The number of Topliss-reactive ketones (excluding diaryl/α,β-unsaturated/α-hetero) is 1. The quantitative estimate of drug-likeness (QED) is 0.0790. The van der Waals surface area contributed by atoms with Gasteiger partial charge in [-0.1, -0.05) is 5.16 Å². The standard InChI is InChI=1S/C19H21N5O11S2/c1-19(2,17(29)30)35-22-15(10-7-36-18(20)21-10)13(26)5-9-11(24(16(9)28)37(32,33)34)3-8-4-12(25)14(27)6-23(8)31/h4,6-7,9,11,27,31H,3,5H2,1-2H3,(H2,20,21)(H,29,30)(H,32,33,34)/b22-15-/t9-,11+/m0/s1. The monoisotopic (exact) mass is 559 g/mol. The summed E-state index contributed by atoms with van der Waals surface area (Å²) in [5.74, 6) is -5.65. The Morgan fingerprint density at radius 3 is 2.51 bits per heavy atom. The molecule has 2 aromatic rings. The molecule has 0 aromatic carbocycles. The molecule has 2 aromatic heterocycles. The van der Waals surface area contributed by atoms with Crippen molar-refractivity contribution in [3.05, 3.63) is 39.3 Å². The number of nitrogens with two attached hydrogens (primary N) is 1. The first-order valence-electron chi connectivity index (χ1n) is 10.2. The lowest BCUT2D eigenvalue weighted by Gasteiger charge is -2.44. The summed E-state index contributed by atoms with van der Waals surface area (Å²) in [6.45, 7) is 2.33. The van der Waals surface area contributed by atoms with E-state index in [2.05, 4.69) is 10.1 Å². The van der Waals surface area contributed by atoms with Crippen LogP contribution in [0.1, 0.15) is 31.7 Å². The predicted octanol–water partition coefficient (Wildman–Crippen LogP) is -0.754. The van der Waals surface area contributed by atoms with Crippen LogP contribution in [-0.2, 0) is 35.9 Å². The van der Waals surface area contributed by atoms with Crippen molar-refractivity contribution in [3.8, 4) is 5.75 Å². The minimum atomic E-state index is -5.09. The number of β-lactam (4-membered cyclic amide) rings is 1. The van der Waals surface area contributed by atoms with Gasteiger partial charge in [-0.05, 0) is 13.8 Å². The number of carboxylic acids is 1. The third-order valence-corrected chi connectivity index (χ3v) is 6.99. The number of hydrogen-bond donors (Lipinski definition) is 5. The Kier molecular flexibility index (Phi) is 7.29. The van der Waals surface area contributed by atoms with E-state index in [1.54, 1.807) is 0 Å². The van der Waals surface area contributed by atoms with Crippen LogP contribution < -0.4 is 11.2 Å². The molecule has 1 amide bonds. The second kappa shape index (κ2) is 9.79. The first-order valence-corrected chi connectivity index (χ1v) is 12.5. The number of aromatic hydroxyl groups is 1. The van der Waals surface area contributed by atoms with Crippen LogP contribution in [0.3, 0.4) is 0 Å². The van der Waals surface area contributed by atoms with Crippen molar-refractivity contribution in [1.29, 1.82) is 0 Å². The Balaban J connectivity index is 1.95. The predicted molar refractivity (Wildman–Crippen MR) is 124 cm³/mol. The summed E-state index contributed by atoms with van der Waals surface area (Å²) in [4.78, 5) is 57.8. The number of carbonyl (C=O) groups excluding carboxylic acids is 2. The highest BCUT2D eigenvalue weighted by Crippen LogP contribution is 2.35. The van der Waals surface area contributed by atoms with Gasteiger partial charge in [0.1, 0.15) is 5.69 Å². The molecular formula is C19H21N5O11S2. The zero-order valence-corrected chi connectivity index (χ0v) is 20.8. The first-order chi connectivity index (χ1) is 17.0. The van der Waals surface area contributed by atoms with E-state index in [1.165, 1.54) is 5.38 Å². The number of nitrogens with zero attached hydrogens (tertiary/aromatic N) is 4. The number of rotatable bonds is 10. The van der Waals surface area contributed by atoms with Crippen LogP contribution >= 0.6 is 11.3 Å². The Bertz CT molecular complexity index is 1460. The van der Waals surface area contributed by atoms with Gasteiger partial charge in [-0.2, -0.15) is 13.1 Å². The van der Waals surface area contributed by atoms with Crippen molar-refractivity contribution in [2.45, 2.75) is 38.3 Å². The van der Waals surface area contributed by atoms with Crippen LogP contribution in [0.25, 0.3) is 0 Å². The molecule has 1 saturated heterocycles. The Morgan fingerprint density at radius 2 is 1.97 bits per heavy atom. The topological polar surface area (TPSA) is 252 Å². The van der Waals surface area contributed by atoms with E-state index < -0.39 is 75.3 Å². The number of aliphatic carboxylic acids is 1. The van der Waals surface area contributed by atoms with E-state index >= 15 is 0 Å². The van der Waals surface area contributed by atoms with E-state index in [4.69, 9.17) is 10.6 Å². The van der Waals surface area contributed by atoms with Crippen LogP contribution in [0, 0.1) is 5.92 Å². The molecule has 0 aliphatic carbocycles. The molecule has 1 aliphatic rings. The fourth-order valence-electron chi connectivity index (χ4n) is 3.36. The zero-order chi connectivity index (χ0) is 27.9.